The molecule has 118 valence electrons. The summed E-state index contributed by atoms with van der Waals surface area (Å²) in [4.78, 5) is 47.0. The molecule has 0 saturated heterocycles. The zero-order chi connectivity index (χ0) is 16.9. The van der Waals surface area contributed by atoms with Crippen molar-refractivity contribution in [3.63, 3.8) is 0 Å². The lowest BCUT2D eigenvalue weighted by Crippen LogP contribution is -2.39. The average molecular weight is 310 g/mol. The lowest BCUT2D eigenvalue weighted by atomic mass is 9.95. The second-order valence-electron chi connectivity index (χ2n) is 3.84. The predicted molar refractivity (Wildman–Crippen MR) is 73.1 cm³/mol. The van der Waals surface area contributed by atoms with Gasteiger partial charge in [0.2, 0.25) is 0 Å². The summed E-state index contributed by atoms with van der Waals surface area (Å²) in [6, 6.07) is 2.03. The van der Waals surface area contributed by atoms with Crippen LogP contribution in [0.4, 0.5) is 0 Å². The zero-order valence-corrected chi connectivity index (χ0v) is 11.1. The van der Waals surface area contributed by atoms with Gasteiger partial charge in [-0.25, -0.2) is 23.4 Å². The fourth-order valence-corrected chi connectivity index (χ4v) is 1.69. The topological polar surface area (TPSA) is 220 Å². The van der Waals surface area contributed by atoms with Gasteiger partial charge in [-0.2, -0.15) is 0 Å². The number of hydrogen-bond acceptors (Lipinski definition) is 8. The monoisotopic (exact) mass is 310 g/mol. The van der Waals surface area contributed by atoms with Gasteiger partial charge in [0, 0.05) is 5.56 Å². The summed E-state index contributed by atoms with van der Waals surface area (Å²) in [5.74, 6) is 16.4. The maximum Gasteiger partial charge on any atom is 0.266 e. The number of nitrogen functional groups attached to an aromatic ring is 4. The van der Waals surface area contributed by atoms with Crippen LogP contribution >= 0.6 is 0 Å². The lowest BCUT2D eigenvalue weighted by molar-refractivity contribution is 0.0904. The molecule has 0 saturated carbocycles. The van der Waals surface area contributed by atoms with Gasteiger partial charge in [0.05, 0.1) is 16.7 Å². The first kappa shape index (κ1) is 17.0. The molecule has 0 heterocycles. The van der Waals surface area contributed by atoms with Crippen LogP contribution in [0.1, 0.15) is 41.4 Å². The quantitative estimate of drug-likeness (QED) is 0.155. The first-order chi connectivity index (χ1) is 10.4. The summed E-state index contributed by atoms with van der Waals surface area (Å²) in [6.45, 7) is 0. The van der Waals surface area contributed by atoms with E-state index in [1.165, 1.54) is 0 Å². The number of hydrogen-bond donors (Lipinski definition) is 8. The summed E-state index contributed by atoms with van der Waals surface area (Å²) >= 11 is 0. The SMILES string of the molecule is NNC(=O)c1cc(C(=O)NN)c(C(=O)NN)c(C(=O)NN)c1. The van der Waals surface area contributed by atoms with E-state index in [9.17, 15) is 19.2 Å². The summed E-state index contributed by atoms with van der Waals surface area (Å²) in [7, 11) is 0. The first-order valence-corrected chi connectivity index (χ1v) is 5.63. The van der Waals surface area contributed by atoms with Crippen molar-refractivity contribution in [2.75, 3.05) is 0 Å². The van der Waals surface area contributed by atoms with E-state index in [0.717, 1.165) is 12.1 Å². The largest absolute Gasteiger partial charge is 0.290 e. The number of rotatable bonds is 4. The number of benzene rings is 1. The van der Waals surface area contributed by atoms with Gasteiger partial charge in [-0.3, -0.25) is 40.9 Å². The standard InChI is InChI=1S/C10H14N8O4/c11-15-7(19)3-1-4(8(20)16-12)6(10(22)18-14)5(2-3)9(21)17-13/h1-2H,11-14H2,(H,15,19)(H,16,20)(H,17,21)(H,18,22). The molecule has 0 aliphatic carbocycles. The predicted octanol–water partition coefficient (Wildman–Crippen LogP) is -3.90. The highest BCUT2D eigenvalue weighted by Gasteiger charge is 2.26. The van der Waals surface area contributed by atoms with Crippen molar-refractivity contribution in [1.82, 2.24) is 21.7 Å². The van der Waals surface area contributed by atoms with Crippen molar-refractivity contribution in [2.45, 2.75) is 0 Å². The fourth-order valence-electron chi connectivity index (χ4n) is 1.69. The summed E-state index contributed by atoms with van der Waals surface area (Å²) in [6.07, 6.45) is 0. The third-order valence-corrected chi connectivity index (χ3v) is 2.64. The van der Waals surface area contributed by atoms with E-state index in [4.69, 9.17) is 23.4 Å². The van der Waals surface area contributed by atoms with Crippen LogP contribution in [-0.4, -0.2) is 23.6 Å². The van der Waals surface area contributed by atoms with E-state index in [0.29, 0.717) is 0 Å². The van der Waals surface area contributed by atoms with Crippen LogP contribution in [0.25, 0.3) is 0 Å². The van der Waals surface area contributed by atoms with Crippen LogP contribution in [0.5, 0.6) is 0 Å². The number of hydrazine groups is 4. The van der Waals surface area contributed by atoms with Crippen molar-refractivity contribution < 1.29 is 19.2 Å². The Bertz CT molecular complexity index is 607. The molecule has 12 N–H and O–H groups in total. The van der Waals surface area contributed by atoms with Crippen molar-refractivity contribution in [2.24, 2.45) is 23.4 Å². The normalized spacial score (nSPS) is 9.64. The Morgan fingerprint density at radius 2 is 1.00 bits per heavy atom. The Hall–Kier alpha value is -3.06. The van der Waals surface area contributed by atoms with Gasteiger partial charge in [-0.15, -0.1) is 0 Å². The number of nitrogens with two attached hydrogens (primary N) is 4. The first-order valence-electron chi connectivity index (χ1n) is 5.63. The van der Waals surface area contributed by atoms with E-state index >= 15 is 0 Å². The van der Waals surface area contributed by atoms with Gasteiger partial charge < -0.3 is 0 Å². The van der Waals surface area contributed by atoms with Crippen molar-refractivity contribution in [1.29, 1.82) is 0 Å². The molecular formula is C10H14N8O4. The van der Waals surface area contributed by atoms with Crippen molar-refractivity contribution in [3.05, 3.63) is 34.4 Å². The highest BCUT2D eigenvalue weighted by atomic mass is 16.2. The highest BCUT2D eigenvalue weighted by molar-refractivity contribution is 6.15. The molecule has 0 atom stereocenters. The number of nitrogens with one attached hydrogen (secondary N) is 4. The molecule has 1 rings (SSSR count). The van der Waals surface area contributed by atoms with Gasteiger partial charge in [0.25, 0.3) is 23.6 Å². The fraction of sp³-hybridized carbons (Fsp3) is 0. The third kappa shape index (κ3) is 3.15. The number of amides is 4. The molecule has 0 radical (unpaired) electrons. The Morgan fingerprint density at radius 3 is 1.32 bits per heavy atom. The Kier molecular flexibility index (Phi) is 5.48. The van der Waals surface area contributed by atoms with E-state index < -0.39 is 29.2 Å². The molecule has 1 aromatic rings. The molecule has 0 aliphatic rings. The zero-order valence-electron chi connectivity index (χ0n) is 11.1. The molecule has 1 aromatic carbocycles. The Morgan fingerprint density at radius 1 is 0.636 bits per heavy atom. The van der Waals surface area contributed by atoms with Crippen LogP contribution in [-0.2, 0) is 0 Å². The van der Waals surface area contributed by atoms with Gasteiger partial charge >= 0.3 is 0 Å². The van der Waals surface area contributed by atoms with Crippen LogP contribution in [0, 0.1) is 0 Å². The summed E-state index contributed by atoms with van der Waals surface area (Å²) in [5, 5.41) is 0. The minimum absolute atomic E-state index is 0.173. The molecule has 12 nitrogen and oxygen atoms in total. The molecule has 0 unspecified atom stereocenters. The molecule has 0 aliphatic heterocycles. The Labute approximate surface area is 123 Å². The second kappa shape index (κ2) is 7.09. The van der Waals surface area contributed by atoms with Gasteiger partial charge in [-0.05, 0) is 12.1 Å². The lowest BCUT2D eigenvalue weighted by Gasteiger charge is -2.14. The average Bonchev–Trinajstić information content (AvgIpc) is 2.57. The van der Waals surface area contributed by atoms with E-state index in [-0.39, 0.29) is 16.7 Å². The molecule has 0 aromatic heterocycles. The molecular weight excluding hydrogens is 296 g/mol. The molecule has 0 spiro atoms. The third-order valence-electron chi connectivity index (χ3n) is 2.64. The Balaban J connectivity index is 3.76. The van der Waals surface area contributed by atoms with Gasteiger partial charge in [0.1, 0.15) is 0 Å². The van der Waals surface area contributed by atoms with Crippen LogP contribution in [0.15, 0.2) is 12.1 Å². The molecule has 0 bridgehead atoms. The highest BCUT2D eigenvalue weighted by Crippen LogP contribution is 2.18. The molecule has 4 amide bonds. The van der Waals surface area contributed by atoms with E-state index in [1.54, 1.807) is 16.3 Å². The van der Waals surface area contributed by atoms with Gasteiger partial charge in [0.15, 0.2) is 0 Å². The van der Waals surface area contributed by atoms with Crippen LogP contribution < -0.4 is 45.1 Å². The summed E-state index contributed by atoms with van der Waals surface area (Å²) < 4.78 is 0. The maximum absolute atomic E-state index is 11.8. The van der Waals surface area contributed by atoms with Crippen LogP contribution in [0.2, 0.25) is 0 Å². The van der Waals surface area contributed by atoms with Crippen molar-refractivity contribution in [3.8, 4) is 0 Å². The minimum Gasteiger partial charge on any atom is -0.290 e. The van der Waals surface area contributed by atoms with Gasteiger partial charge in [-0.1, -0.05) is 0 Å². The van der Waals surface area contributed by atoms with Crippen LogP contribution in [0.3, 0.4) is 0 Å². The maximum atomic E-state index is 11.8. The smallest absolute Gasteiger partial charge is 0.266 e. The number of carbonyl (C=O) groups excluding carboxylic acids is 4. The van der Waals surface area contributed by atoms with Crippen molar-refractivity contribution >= 4 is 23.6 Å². The van der Waals surface area contributed by atoms with E-state index in [2.05, 4.69) is 0 Å². The molecule has 22 heavy (non-hydrogen) atoms. The molecule has 0 fully saturated rings. The summed E-state index contributed by atoms with van der Waals surface area (Å²) in [5.41, 5.74) is 5.84. The molecule has 12 heteroatoms. The number of carbonyl (C=O) groups is 4. The second-order valence-corrected chi connectivity index (χ2v) is 3.84. The van der Waals surface area contributed by atoms with E-state index in [1.807, 2.05) is 5.43 Å². The minimum atomic E-state index is -0.961.